The van der Waals surface area contributed by atoms with E-state index in [0.717, 1.165) is 0 Å². The first kappa shape index (κ1) is 17.2. The number of hydrogen-bond donors (Lipinski definition) is 2. The molecule has 1 atom stereocenters. The van der Waals surface area contributed by atoms with Crippen molar-refractivity contribution in [2.24, 2.45) is 0 Å². The first-order chi connectivity index (χ1) is 10.5. The number of ether oxygens (including phenoxy) is 1. The maximum Gasteiger partial charge on any atom is 0.434 e. The standard InChI is InChI=1S/C7H11N3O4.C3H3N3O2/c1-14-5-6(11)4-9-3-2-8-7(9)10(12)13;7-6(8)3-4-1-2-5-3/h2-3,6,11H,4-5H2,1H3;1-2H,(H,4,5). The lowest BCUT2D eigenvalue weighted by molar-refractivity contribution is -0.397. The summed E-state index contributed by atoms with van der Waals surface area (Å²) in [6, 6.07) is 0. The molecule has 2 aromatic rings. The minimum absolute atomic E-state index is 0.101. The average molecular weight is 314 g/mol. The van der Waals surface area contributed by atoms with E-state index >= 15 is 0 Å². The van der Waals surface area contributed by atoms with E-state index in [9.17, 15) is 25.3 Å². The number of H-pyrrole nitrogens is 1. The molecule has 22 heavy (non-hydrogen) atoms. The van der Waals surface area contributed by atoms with Gasteiger partial charge in [-0.25, -0.2) is 9.55 Å². The number of nitrogens with one attached hydrogen (secondary N) is 1. The van der Waals surface area contributed by atoms with Crippen molar-refractivity contribution >= 4 is 11.9 Å². The van der Waals surface area contributed by atoms with Crippen LogP contribution in [-0.4, -0.2) is 54.3 Å². The summed E-state index contributed by atoms with van der Waals surface area (Å²) in [4.78, 5) is 28.3. The highest BCUT2D eigenvalue weighted by Crippen LogP contribution is 2.08. The minimum atomic E-state index is -0.770. The number of imidazole rings is 2. The maximum atomic E-state index is 10.4. The number of aliphatic hydroxyl groups is 1. The Morgan fingerprint density at radius 3 is 2.55 bits per heavy atom. The maximum absolute atomic E-state index is 10.4. The summed E-state index contributed by atoms with van der Waals surface area (Å²) < 4.78 is 5.97. The lowest BCUT2D eigenvalue weighted by atomic mass is 10.4. The number of nitro groups is 2. The molecule has 2 rings (SSSR count). The Labute approximate surface area is 123 Å². The number of aromatic nitrogens is 4. The van der Waals surface area contributed by atoms with E-state index in [-0.39, 0.29) is 25.0 Å². The normalized spacial score (nSPS) is 11.4. The van der Waals surface area contributed by atoms with E-state index in [1.54, 1.807) is 0 Å². The summed E-state index contributed by atoms with van der Waals surface area (Å²) in [5.74, 6) is -0.495. The van der Waals surface area contributed by atoms with Crippen molar-refractivity contribution in [3.05, 3.63) is 45.0 Å². The molecule has 0 saturated carbocycles. The van der Waals surface area contributed by atoms with E-state index in [4.69, 9.17) is 4.74 Å². The second-order valence-electron chi connectivity index (χ2n) is 3.92. The largest absolute Gasteiger partial charge is 0.434 e. The Morgan fingerprint density at radius 2 is 2.09 bits per heavy atom. The molecule has 0 aliphatic carbocycles. The van der Waals surface area contributed by atoms with Gasteiger partial charge in [0.2, 0.25) is 0 Å². The van der Waals surface area contributed by atoms with Crippen LogP contribution in [-0.2, 0) is 11.3 Å². The monoisotopic (exact) mass is 314 g/mol. The van der Waals surface area contributed by atoms with Crippen LogP contribution in [0.4, 0.5) is 11.9 Å². The average Bonchev–Trinajstić information content (AvgIpc) is 3.10. The van der Waals surface area contributed by atoms with E-state index in [0.29, 0.717) is 0 Å². The molecule has 0 radical (unpaired) electrons. The second kappa shape index (κ2) is 8.43. The van der Waals surface area contributed by atoms with Gasteiger partial charge in [0.05, 0.1) is 19.3 Å². The molecule has 0 bridgehead atoms. The predicted octanol–water partition coefficient (Wildman–Crippen LogP) is 0.117. The van der Waals surface area contributed by atoms with Gasteiger partial charge in [-0.1, -0.05) is 9.97 Å². The molecule has 0 amide bonds. The summed E-state index contributed by atoms with van der Waals surface area (Å²) in [6.07, 6.45) is 4.72. The molecular formula is C10H14N6O6. The third-order valence-electron chi connectivity index (χ3n) is 2.28. The zero-order valence-electron chi connectivity index (χ0n) is 11.5. The number of rotatable bonds is 6. The van der Waals surface area contributed by atoms with Crippen LogP contribution in [0.3, 0.4) is 0 Å². The number of nitrogens with zero attached hydrogens (tertiary/aromatic N) is 5. The molecule has 120 valence electrons. The van der Waals surface area contributed by atoms with Crippen molar-refractivity contribution in [2.75, 3.05) is 13.7 Å². The Balaban J connectivity index is 0.000000255. The first-order valence-corrected chi connectivity index (χ1v) is 5.92. The quantitative estimate of drug-likeness (QED) is 0.560. The molecular weight excluding hydrogens is 300 g/mol. The van der Waals surface area contributed by atoms with Crippen molar-refractivity contribution in [1.29, 1.82) is 0 Å². The molecule has 0 spiro atoms. The molecule has 1 unspecified atom stereocenters. The summed E-state index contributed by atoms with van der Waals surface area (Å²) in [5.41, 5.74) is 0. The van der Waals surface area contributed by atoms with Crippen molar-refractivity contribution in [1.82, 2.24) is 19.5 Å². The van der Waals surface area contributed by atoms with Crippen LogP contribution in [0.15, 0.2) is 24.8 Å². The highest BCUT2D eigenvalue weighted by atomic mass is 16.6. The smallest absolute Gasteiger partial charge is 0.390 e. The number of aromatic amines is 1. The van der Waals surface area contributed by atoms with Crippen LogP contribution in [0.25, 0.3) is 0 Å². The molecule has 0 saturated heterocycles. The van der Waals surface area contributed by atoms with Crippen LogP contribution in [0.5, 0.6) is 0 Å². The topological polar surface area (TPSA) is 162 Å². The third kappa shape index (κ3) is 5.26. The van der Waals surface area contributed by atoms with Crippen LogP contribution in [0.2, 0.25) is 0 Å². The summed E-state index contributed by atoms with van der Waals surface area (Å²) in [7, 11) is 1.45. The number of aliphatic hydroxyl groups excluding tert-OH is 1. The number of hydrogen-bond acceptors (Lipinski definition) is 8. The molecule has 2 heterocycles. The van der Waals surface area contributed by atoms with Crippen molar-refractivity contribution in [3.8, 4) is 0 Å². The number of methoxy groups -OCH3 is 1. The van der Waals surface area contributed by atoms with Gasteiger partial charge in [0.25, 0.3) is 0 Å². The van der Waals surface area contributed by atoms with Gasteiger partial charge in [0, 0.05) is 7.11 Å². The van der Waals surface area contributed by atoms with E-state index in [1.807, 2.05) is 0 Å². The van der Waals surface area contributed by atoms with Crippen LogP contribution in [0.1, 0.15) is 0 Å². The van der Waals surface area contributed by atoms with E-state index in [2.05, 4.69) is 15.0 Å². The van der Waals surface area contributed by atoms with Crippen LogP contribution < -0.4 is 0 Å². The minimum Gasteiger partial charge on any atom is -0.390 e. The zero-order valence-corrected chi connectivity index (χ0v) is 11.5. The first-order valence-electron chi connectivity index (χ1n) is 5.92. The summed E-state index contributed by atoms with van der Waals surface area (Å²) in [5, 5.41) is 29.5. The molecule has 12 heteroatoms. The zero-order chi connectivity index (χ0) is 16.5. The van der Waals surface area contributed by atoms with Crippen molar-refractivity contribution in [3.63, 3.8) is 0 Å². The Hall–Kier alpha value is -2.86. The summed E-state index contributed by atoms with van der Waals surface area (Å²) in [6.45, 7) is 0.236. The molecule has 0 aromatic carbocycles. The Kier molecular flexibility index (Phi) is 6.59. The van der Waals surface area contributed by atoms with E-state index < -0.39 is 16.0 Å². The lowest BCUT2D eigenvalue weighted by Gasteiger charge is -2.07. The van der Waals surface area contributed by atoms with Gasteiger partial charge >= 0.3 is 11.9 Å². The van der Waals surface area contributed by atoms with Crippen LogP contribution >= 0.6 is 0 Å². The van der Waals surface area contributed by atoms with Gasteiger partial charge in [-0.05, 0) is 9.85 Å². The fourth-order valence-electron chi connectivity index (χ4n) is 1.44. The van der Waals surface area contributed by atoms with Gasteiger partial charge in [-0.3, -0.25) is 0 Å². The predicted molar refractivity (Wildman–Crippen MR) is 72.0 cm³/mol. The van der Waals surface area contributed by atoms with Gasteiger partial charge in [0.15, 0.2) is 0 Å². The SMILES string of the molecule is COCC(O)Cn1ccnc1[N+](=O)[O-].O=[N+]([O-])c1ncc[nH]1. The van der Waals surface area contributed by atoms with Gasteiger partial charge in [-0.15, -0.1) is 0 Å². The van der Waals surface area contributed by atoms with Gasteiger partial charge in [-0.2, -0.15) is 0 Å². The lowest BCUT2D eigenvalue weighted by Crippen LogP contribution is -2.21. The third-order valence-corrected chi connectivity index (χ3v) is 2.28. The molecule has 2 N–H and O–H groups in total. The van der Waals surface area contributed by atoms with Crippen molar-refractivity contribution in [2.45, 2.75) is 12.6 Å². The summed E-state index contributed by atoms with van der Waals surface area (Å²) >= 11 is 0. The van der Waals surface area contributed by atoms with Crippen LogP contribution in [0, 0.1) is 20.2 Å². The molecule has 12 nitrogen and oxygen atoms in total. The highest BCUT2D eigenvalue weighted by Gasteiger charge is 2.16. The van der Waals surface area contributed by atoms with Gasteiger partial charge < -0.3 is 30.1 Å². The van der Waals surface area contributed by atoms with E-state index in [1.165, 1.54) is 36.5 Å². The van der Waals surface area contributed by atoms with Crippen molar-refractivity contribution < 1.29 is 19.7 Å². The van der Waals surface area contributed by atoms with Gasteiger partial charge in [0.1, 0.15) is 24.7 Å². The fraction of sp³-hybridized carbons (Fsp3) is 0.400. The Morgan fingerprint density at radius 1 is 1.36 bits per heavy atom. The molecule has 0 fully saturated rings. The fourth-order valence-corrected chi connectivity index (χ4v) is 1.44. The molecule has 0 aliphatic rings. The molecule has 2 aromatic heterocycles. The Bertz CT molecular complexity index is 597. The molecule has 0 aliphatic heterocycles. The highest BCUT2D eigenvalue weighted by molar-refractivity contribution is 5.06. The second-order valence-corrected chi connectivity index (χ2v) is 3.92.